The minimum absolute atomic E-state index is 0.0366. The van der Waals surface area contributed by atoms with Gasteiger partial charge in [-0.25, -0.2) is 0 Å². The first-order chi connectivity index (χ1) is 64.8. The number of amides is 3. The van der Waals surface area contributed by atoms with Gasteiger partial charge in [0.2, 0.25) is 17.4 Å². The zero-order valence-electron chi connectivity index (χ0n) is 78.6. The number of ether oxygens (including phenoxy) is 6. The van der Waals surface area contributed by atoms with Gasteiger partial charge < -0.3 is 60.3 Å². The lowest BCUT2D eigenvalue weighted by Gasteiger charge is -2.32. The van der Waals surface area contributed by atoms with Crippen LogP contribution in [0.5, 0.6) is 34.5 Å². The lowest BCUT2D eigenvalue weighted by Crippen LogP contribution is -2.49. The zero-order valence-corrected chi connectivity index (χ0v) is 79.3. The van der Waals surface area contributed by atoms with Crippen LogP contribution in [-0.2, 0) is 49.7 Å². The van der Waals surface area contributed by atoms with E-state index >= 15 is 0 Å². The van der Waals surface area contributed by atoms with E-state index < -0.39 is 0 Å². The minimum atomic E-state index is -0.201. The van der Waals surface area contributed by atoms with Gasteiger partial charge in [-0.05, 0) is 221 Å². The number of nitrogens with zero attached hydrogens (tertiary/aromatic N) is 3. The molecule has 0 heterocycles. The van der Waals surface area contributed by atoms with E-state index in [2.05, 4.69) is 329 Å². The third-order valence-corrected chi connectivity index (χ3v) is 25.1. The van der Waals surface area contributed by atoms with Crippen LogP contribution in [0.3, 0.4) is 0 Å². The van der Waals surface area contributed by atoms with Crippen molar-refractivity contribution in [2.45, 2.75) is 81.2 Å². The van der Waals surface area contributed by atoms with Crippen molar-refractivity contribution in [1.29, 1.82) is 0 Å². The van der Waals surface area contributed by atoms with Crippen LogP contribution in [0.2, 0.25) is 5.02 Å². The number of benzene rings is 15. The molecule has 6 atom stereocenters. The molecule has 133 heavy (non-hydrogen) atoms. The zero-order chi connectivity index (χ0) is 93.5. The summed E-state index contributed by atoms with van der Waals surface area (Å²) in [6.45, 7) is 4.50. The molecule has 0 aliphatic rings. The van der Waals surface area contributed by atoms with Gasteiger partial charge in [-0.1, -0.05) is 291 Å². The first kappa shape index (κ1) is 97.4. The molecule has 0 bridgehead atoms. The molecule has 0 aliphatic heterocycles. The average molecular weight is 1800 g/mol. The highest BCUT2D eigenvalue weighted by Gasteiger charge is 2.29. The fourth-order valence-corrected chi connectivity index (χ4v) is 17.9. The second-order valence-corrected chi connectivity index (χ2v) is 34.8. The van der Waals surface area contributed by atoms with E-state index in [1.165, 1.54) is 81.7 Å². The number of rotatable bonds is 41. The van der Waals surface area contributed by atoms with Gasteiger partial charge in [0.15, 0.2) is 23.0 Å². The number of carbonyl (C=O) groups excluding carboxylic acids is 3. The van der Waals surface area contributed by atoms with Gasteiger partial charge in [0.05, 0.1) is 49.1 Å². The predicted octanol–water partition coefficient (Wildman–Crippen LogP) is 19.4. The van der Waals surface area contributed by atoms with E-state index in [1.54, 1.807) is 66.9 Å². The second kappa shape index (κ2) is 48.8. The molecular formula is C114H126ClN9O9. The fraction of sp³-hybridized carbons (Fsp3) is 0.272. The van der Waals surface area contributed by atoms with E-state index in [9.17, 15) is 14.4 Å². The van der Waals surface area contributed by atoms with Crippen LogP contribution in [0.25, 0.3) is 65.0 Å². The first-order valence-corrected chi connectivity index (χ1v) is 46.0. The summed E-state index contributed by atoms with van der Waals surface area (Å²) < 4.78 is 33.0. The van der Waals surface area contributed by atoms with Crippen LogP contribution in [0.4, 0.5) is 0 Å². The Balaban J connectivity index is 0.000000169. The molecule has 0 saturated carbocycles. The summed E-state index contributed by atoms with van der Waals surface area (Å²) in [6, 6.07) is 109. The number of likely N-dealkylation sites (N-methyl/N-ethyl adjacent to an activating group) is 6. The molecule has 0 fully saturated rings. The maximum absolute atomic E-state index is 13.8. The molecule has 0 radical (unpaired) electrons. The van der Waals surface area contributed by atoms with E-state index in [0.717, 1.165) is 79.1 Å². The molecule has 0 aromatic heterocycles. The fourth-order valence-electron chi connectivity index (χ4n) is 17.8. The topological polar surface area (TPSA) is 188 Å². The van der Waals surface area contributed by atoms with Crippen molar-refractivity contribution >= 4 is 83.2 Å². The van der Waals surface area contributed by atoms with Crippen molar-refractivity contribution in [1.82, 2.24) is 46.6 Å². The minimum Gasteiger partial charge on any atom is -0.493 e. The Morgan fingerprint density at radius 3 is 0.850 bits per heavy atom. The van der Waals surface area contributed by atoms with E-state index in [4.69, 9.17) is 40.0 Å². The van der Waals surface area contributed by atoms with Gasteiger partial charge in [0.25, 0.3) is 11.8 Å². The van der Waals surface area contributed by atoms with Crippen molar-refractivity contribution in [3.63, 3.8) is 0 Å². The standard InChI is InChI=1S/C38H40ClN3O.2C38H43N3O4/c1-40-26-37(24-28-15-20-35(39)21-16-28)42(2)27-36(23-30-14-19-32-10-6-7-11-34(32)22-30)41-38(43)25-29-12-17-33(18-13-29)31-8-4-3-5-9-31;2*1-39-24-34(21-27-15-17-29-11-7-9-13-31(29)19-27)41(2)25-33(20-26-14-16-28-10-6-8-12-30(28)18-26)40-38(42)32-22-35(43-3)37(45-5)36(23-32)44-4/h3-22,36-37,40H,23-27H2,1-2H3,(H,41,43);2*6-19,22-23,33-34,39H,20-21,24-25H2,1-5H3,(H,40,42)/t36-,37-;2*33-,34+/m010/s1. The lowest BCUT2D eigenvalue weighted by molar-refractivity contribution is -0.121. The molecule has 19 heteroatoms. The van der Waals surface area contributed by atoms with Gasteiger partial charge in [-0.15, -0.1) is 0 Å². The van der Waals surface area contributed by atoms with Crippen LogP contribution in [0.15, 0.2) is 315 Å². The van der Waals surface area contributed by atoms with Crippen LogP contribution >= 0.6 is 11.6 Å². The predicted molar refractivity (Wildman–Crippen MR) is 547 cm³/mol. The Bertz CT molecular complexity index is 6010. The SMILES string of the molecule is CNC[C@@H](Cc1ccc2ccccc2c1)N(C)C[C@H](Cc1ccc2ccccc2c1)NC(=O)c1cc(OC)c(OC)c(OC)c1.CNC[C@H](Cc1ccc(Cl)cc1)N(C)C[C@H](Cc1ccc2ccccc2c1)NC(=O)Cc1ccc(-c2ccccc2)cc1.CNC[C@H](Cc1ccc2ccccc2c1)N(C)C[C@@H](Cc1ccc2ccccc2c1)NC(=O)c1cc(OC)c(OC)c(OC)c1. The van der Waals surface area contributed by atoms with E-state index in [0.29, 0.717) is 78.0 Å². The maximum Gasteiger partial charge on any atom is 0.251 e. The first-order valence-electron chi connectivity index (χ1n) is 45.6. The molecule has 18 nitrogen and oxygen atoms in total. The number of methoxy groups -OCH3 is 6. The number of carbonyl (C=O) groups is 3. The molecular weight excluding hydrogens is 1670 g/mol. The highest BCUT2D eigenvalue weighted by atomic mass is 35.5. The molecule has 15 aromatic carbocycles. The van der Waals surface area contributed by atoms with Crippen LogP contribution < -0.4 is 60.3 Å². The summed E-state index contributed by atoms with van der Waals surface area (Å²) in [5.41, 5.74) is 11.6. The van der Waals surface area contributed by atoms with Crippen molar-refractivity contribution in [2.24, 2.45) is 0 Å². The van der Waals surface area contributed by atoms with Gasteiger partial charge in [0.1, 0.15) is 0 Å². The highest BCUT2D eigenvalue weighted by molar-refractivity contribution is 6.30. The Kier molecular flexibility index (Phi) is 35.8. The van der Waals surface area contributed by atoms with E-state index in [1.807, 2.05) is 51.5 Å². The van der Waals surface area contributed by atoms with Crippen LogP contribution in [-0.4, -0.2) is 193 Å². The Hall–Kier alpha value is -13.1. The number of hydrogen-bond donors (Lipinski definition) is 6. The molecule has 0 aliphatic carbocycles. The molecule has 3 amide bonds. The molecule has 0 saturated heterocycles. The number of halogens is 1. The van der Waals surface area contributed by atoms with Crippen molar-refractivity contribution in [2.75, 3.05) is 124 Å². The van der Waals surface area contributed by atoms with Crippen molar-refractivity contribution in [3.8, 4) is 45.6 Å². The van der Waals surface area contributed by atoms with Crippen molar-refractivity contribution < 1.29 is 42.8 Å². The third kappa shape index (κ3) is 27.3. The number of hydrogen-bond acceptors (Lipinski definition) is 15. The summed E-state index contributed by atoms with van der Waals surface area (Å²) in [5, 5.41) is 33.1. The Labute approximate surface area is 789 Å². The summed E-state index contributed by atoms with van der Waals surface area (Å²) in [6.07, 6.45) is 5.09. The van der Waals surface area contributed by atoms with E-state index in [-0.39, 0.29) is 54.0 Å². The Morgan fingerprint density at radius 2 is 0.549 bits per heavy atom. The lowest BCUT2D eigenvalue weighted by atomic mass is 9.98. The molecule has 15 rings (SSSR count). The number of fused-ring (bicyclic) bond motifs is 5. The highest BCUT2D eigenvalue weighted by Crippen LogP contribution is 2.40. The molecule has 688 valence electrons. The van der Waals surface area contributed by atoms with Crippen LogP contribution in [0, 0.1) is 0 Å². The number of nitrogens with one attached hydrogen (secondary N) is 6. The van der Waals surface area contributed by atoms with Crippen LogP contribution in [0.1, 0.15) is 59.7 Å². The van der Waals surface area contributed by atoms with Gasteiger partial charge in [0, 0.05) is 91.7 Å². The summed E-state index contributed by atoms with van der Waals surface area (Å²) in [4.78, 5) is 48.1. The third-order valence-electron chi connectivity index (χ3n) is 24.9. The largest absolute Gasteiger partial charge is 0.493 e. The van der Waals surface area contributed by atoms with Gasteiger partial charge in [-0.3, -0.25) is 29.1 Å². The van der Waals surface area contributed by atoms with Crippen molar-refractivity contribution in [3.05, 3.63) is 371 Å². The molecule has 0 spiro atoms. The second-order valence-electron chi connectivity index (χ2n) is 34.4. The smallest absolute Gasteiger partial charge is 0.251 e. The summed E-state index contributed by atoms with van der Waals surface area (Å²) >= 11 is 6.13. The normalized spacial score (nSPS) is 12.7. The molecule has 0 unspecified atom stereocenters. The molecule has 6 N–H and O–H groups in total. The maximum atomic E-state index is 13.8. The molecule has 15 aromatic rings. The summed E-state index contributed by atoms with van der Waals surface area (Å²) in [5.74, 6) is 2.30. The van der Waals surface area contributed by atoms with Gasteiger partial charge >= 0.3 is 0 Å². The Morgan fingerprint density at radius 1 is 0.286 bits per heavy atom. The average Bonchev–Trinajstić information content (AvgIpc) is 0.805. The van der Waals surface area contributed by atoms with Gasteiger partial charge in [-0.2, -0.15) is 0 Å². The monoisotopic (exact) mass is 1800 g/mol. The summed E-state index contributed by atoms with van der Waals surface area (Å²) in [7, 11) is 21.7. The quantitative estimate of drug-likeness (QED) is 0.0212.